The number of nitriles is 1. The maximum atomic E-state index is 9.21. The summed E-state index contributed by atoms with van der Waals surface area (Å²) in [5.41, 5.74) is 2.55. The van der Waals surface area contributed by atoms with E-state index < -0.39 is 0 Å². The third-order valence-electron chi connectivity index (χ3n) is 2.77. The Morgan fingerprint density at radius 2 is 1.95 bits per heavy atom. The number of nitrogens with zero attached hydrogens (tertiary/aromatic N) is 3. The molecule has 1 N–H and O–H groups in total. The molecule has 0 amide bonds. The molecule has 0 spiro atoms. The van der Waals surface area contributed by atoms with Crippen molar-refractivity contribution >= 4 is 34.7 Å². The van der Waals surface area contributed by atoms with Crippen LogP contribution >= 0.6 is 23.2 Å². The molecule has 0 fully saturated rings. The first kappa shape index (κ1) is 13.6. The quantitative estimate of drug-likeness (QED) is 0.908. The minimum atomic E-state index is 0.370. The Balaban J connectivity index is 2.48. The number of hydrogen-bond acceptors (Lipinski definition) is 4. The first-order chi connectivity index (χ1) is 9.04. The summed E-state index contributed by atoms with van der Waals surface area (Å²) in [4.78, 5) is 0. The first-order valence-electron chi connectivity index (χ1n) is 5.49. The third-order valence-corrected chi connectivity index (χ3v) is 3.59. The van der Waals surface area contributed by atoms with Crippen LogP contribution < -0.4 is 5.32 Å². The van der Waals surface area contributed by atoms with Crippen LogP contribution in [0.3, 0.4) is 0 Å². The Bertz CT molecular complexity index is 677. The zero-order chi connectivity index (χ0) is 14.0. The lowest BCUT2D eigenvalue weighted by Gasteiger charge is -2.11. The van der Waals surface area contributed by atoms with Crippen LogP contribution in [0, 0.1) is 25.2 Å². The predicted molar refractivity (Wildman–Crippen MR) is 76.0 cm³/mol. The zero-order valence-corrected chi connectivity index (χ0v) is 11.8. The molecule has 19 heavy (non-hydrogen) atoms. The van der Waals surface area contributed by atoms with Crippen LogP contribution in [0.1, 0.15) is 16.8 Å². The molecule has 2 rings (SSSR count). The average molecular weight is 293 g/mol. The molecule has 0 aliphatic heterocycles. The zero-order valence-electron chi connectivity index (χ0n) is 10.3. The molecular weight excluding hydrogens is 283 g/mol. The summed E-state index contributed by atoms with van der Waals surface area (Å²) in [5, 5.41) is 21.0. The minimum Gasteiger partial charge on any atom is -0.336 e. The molecule has 96 valence electrons. The molecule has 0 saturated carbocycles. The number of rotatable bonds is 2. The molecule has 0 aliphatic rings. The lowest BCUT2D eigenvalue weighted by molar-refractivity contribution is 0.960. The number of nitrogens with one attached hydrogen (secondary N) is 1. The van der Waals surface area contributed by atoms with Gasteiger partial charge in [0, 0.05) is 0 Å². The van der Waals surface area contributed by atoms with Gasteiger partial charge < -0.3 is 5.32 Å². The second-order valence-electron chi connectivity index (χ2n) is 3.97. The highest BCUT2D eigenvalue weighted by Crippen LogP contribution is 2.32. The lowest BCUT2D eigenvalue weighted by Crippen LogP contribution is -2.03. The van der Waals surface area contributed by atoms with Crippen LogP contribution in [0.25, 0.3) is 0 Å². The summed E-state index contributed by atoms with van der Waals surface area (Å²) >= 11 is 12.0. The van der Waals surface area contributed by atoms with Gasteiger partial charge in [-0.15, -0.1) is 5.10 Å². The fourth-order valence-corrected chi connectivity index (χ4v) is 1.91. The highest BCUT2D eigenvalue weighted by molar-refractivity contribution is 6.43. The molecule has 1 heterocycles. The summed E-state index contributed by atoms with van der Waals surface area (Å²) < 4.78 is 0. The van der Waals surface area contributed by atoms with E-state index in [1.807, 2.05) is 6.92 Å². The summed E-state index contributed by atoms with van der Waals surface area (Å²) in [6.45, 7) is 3.63. The molecular formula is C13H10Cl2N4. The van der Waals surface area contributed by atoms with Crippen LogP contribution in [0.2, 0.25) is 10.0 Å². The largest absolute Gasteiger partial charge is 0.336 e. The van der Waals surface area contributed by atoms with E-state index in [-0.39, 0.29) is 0 Å². The maximum Gasteiger partial charge on any atom is 0.171 e. The molecule has 0 atom stereocenters. The van der Waals surface area contributed by atoms with Crippen molar-refractivity contribution in [3.63, 3.8) is 0 Å². The van der Waals surface area contributed by atoms with Gasteiger partial charge in [-0.1, -0.05) is 29.3 Å². The molecule has 0 unspecified atom stereocenters. The molecule has 6 heteroatoms. The van der Waals surface area contributed by atoms with Gasteiger partial charge in [0.05, 0.1) is 21.4 Å². The number of halogens is 2. The molecule has 0 saturated heterocycles. The van der Waals surface area contributed by atoms with Crippen LogP contribution in [0.4, 0.5) is 11.5 Å². The molecule has 4 nitrogen and oxygen atoms in total. The van der Waals surface area contributed by atoms with Crippen molar-refractivity contribution in [3.8, 4) is 6.07 Å². The minimum absolute atomic E-state index is 0.370. The van der Waals surface area contributed by atoms with Gasteiger partial charge >= 0.3 is 0 Å². The topological polar surface area (TPSA) is 61.6 Å². The van der Waals surface area contributed by atoms with Crippen molar-refractivity contribution in [2.24, 2.45) is 0 Å². The van der Waals surface area contributed by atoms with Gasteiger partial charge in [-0.3, -0.25) is 0 Å². The summed E-state index contributed by atoms with van der Waals surface area (Å²) in [6.07, 6.45) is 0. The Morgan fingerprint density at radius 3 is 2.63 bits per heavy atom. The van der Waals surface area contributed by atoms with Crippen LogP contribution in [0.15, 0.2) is 18.2 Å². The smallest absolute Gasteiger partial charge is 0.171 e. The lowest BCUT2D eigenvalue weighted by atomic mass is 10.1. The standard InChI is InChI=1S/C13H10Cl2N4/c1-7-8(2)18-19-13(9(7)6-16)17-11-5-3-4-10(14)12(11)15/h3-5H,1-2H3,(H,17,19). The monoisotopic (exact) mass is 292 g/mol. The van der Waals surface area contributed by atoms with Crippen molar-refractivity contribution in [2.75, 3.05) is 5.32 Å². The fourth-order valence-electron chi connectivity index (χ4n) is 1.56. The average Bonchev–Trinajstić information content (AvgIpc) is 2.39. The van der Waals surface area contributed by atoms with Gasteiger partial charge in [-0.2, -0.15) is 10.4 Å². The second kappa shape index (κ2) is 5.43. The molecule has 1 aromatic carbocycles. The van der Waals surface area contributed by atoms with Crippen molar-refractivity contribution in [1.29, 1.82) is 5.26 Å². The summed E-state index contributed by atoms with van der Waals surface area (Å²) in [7, 11) is 0. The Hall–Kier alpha value is -1.83. The number of hydrogen-bond donors (Lipinski definition) is 1. The molecule has 0 bridgehead atoms. The highest BCUT2D eigenvalue weighted by atomic mass is 35.5. The Labute approximate surface area is 121 Å². The van der Waals surface area contributed by atoms with Gasteiger partial charge in [0.1, 0.15) is 11.6 Å². The van der Waals surface area contributed by atoms with Crippen molar-refractivity contribution in [1.82, 2.24) is 10.2 Å². The van der Waals surface area contributed by atoms with E-state index in [4.69, 9.17) is 23.2 Å². The van der Waals surface area contributed by atoms with E-state index in [0.717, 1.165) is 11.3 Å². The Kier molecular flexibility index (Phi) is 3.89. The van der Waals surface area contributed by atoms with Crippen molar-refractivity contribution in [2.45, 2.75) is 13.8 Å². The molecule has 0 radical (unpaired) electrons. The van der Waals surface area contributed by atoms with Gasteiger partial charge in [0.15, 0.2) is 5.82 Å². The highest BCUT2D eigenvalue weighted by Gasteiger charge is 2.12. The molecule has 1 aromatic heterocycles. The van der Waals surface area contributed by atoms with Gasteiger partial charge in [-0.25, -0.2) is 0 Å². The number of aryl methyl sites for hydroxylation is 1. The van der Waals surface area contributed by atoms with E-state index in [0.29, 0.717) is 27.1 Å². The first-order valence-corrected chi connectivity index (χ1v) is 6.25. The normalized spacial score (nSPS) is 10.1. The van der Waals surface area contributed by atoms with Gasteiger partial charge in [0.2, 0.25) is 0 Å². The van der Waals surface area contributed by atoms with Gasteiger partial charge in [0.25, 0.3) is 0 Å². The number of anilines is 2. The second-order valence-corrected chi connectivity index (χ2v) is 4.76. The number of aromatic nitrogens is 2. The molecule has 0 aliphatic carbocycles. The van der Waals surface area contributed by atoms with E-state index in [2.05, 4.69) is 21.6 Å². The van der Waals surface area contributed by atoms with Crippen molar-refractivity contribution < 1.29 is 0 Å². The van der Waals surface area contributed by atoms with E-state index >= 15 is 0 Å². The summed E-state index contributed by atoms with van der Waals surface area (Å²) in [6, 6.07) is 7.32. The van der Waals surface area contributed by atoms with E-state index in [9.17, 15) is 5.26 Å². The Morgan fingerprint density at radius 1 is 1.21 bits per heavy atom. The van der Waals surface area contributed by atoms with Crippen LogP contribution in [-0.4, -0.2) is 10.2 Å². The van der Waals surface area contributed by atoms with Crippen LogP contribution in [0.5, 0.6) is 0 Å². The van der Waals surface area contributed by atoms with Gasteiger partial charge in [-0.05, 0) is 31.5 Å². The SMILES string of the molecule is Cc1nnc(Nc2cccc(Cl)c2Cl)c(C#N)c1C. The predicted octanol–water partition coefficient (Wildman–Crippen LogP) is 4.02. The maximum absolute atomic E-state index is 9.21. The van der Waals surface area contributed by atoms with Crippen molar-refractivity contribution in [3.05, 3.63) is 45.1 Å². The molecule has 2 aromatic rings. The van der Waals surface area contributed by atoms with E-state index in [1.54, 1.807) is 25.1 Å². The third kappa shape index (κ3) is 2.62. The number of benzene rings is 1. The fraction of sp³-hybridized carbons (Fsp3) is 0.154. The van der Waals surface area contributed by atoms with E-state index in [1.165, 1.54) is 0 Å². The summed E-state index contributed by atoms with van der Waals surface area (Å²) in [5.74, 6) is 0.370. The van der Waals surface area contributed by atoms with Crippen LogP contribution in [-0.2, 0) is 0 Å².